The highest BCUT2D eigenvalue weighted by Crippen LogP contribution is 2.29. The first-order valence-electron chi connectivity index (χ1n) is 9.92. The molecule has 0 saturated carbocycles. The molecule has 2 amide bonds. The predicted octanol–water partition coefficient (Wildman–Crippen LogP) is 3.00. The lowest BCUT2D eigenvalue weighted by Gasteiger charge is -2.13. The van der Waals surface area contributed by atoms with Gasteiger partial charge in [-0.2, -0.15) is 0 Å². The number of pyridine rings is 1. The van der Waals surface area contributed by atoms with E-state index in [1.54, 1.807) is 24.5 Å². The third-order valence-corrected chi connectivity index (χ3v) is 5.02. The first-order valence-corrected chi connectivity index (χ1v) is 9.92. The van der Waals surface area contributed by atoms with Crippen LogP contribution in [0.4, 0.5) is 5.69 Å². The number of hydrogen-bond donors (Lipinski definition) is 2. The third kappa shape index (κ3) is 4.65. The standard InChI is InChI=1S/C22H27N5O3/c1-5-14(2)12-24-22(29)17-10-16(25-19(28)13-30-4)11-18-20(17)27(3)21(26-18)15-6-8-23-9-7-15/h6-11,14H,5,12-13H2,1-4H3,(H,24,29)(H,25,28)/t14-/m0/s1. The first-order chi connectivity index (χ1) is 14.4. The molecular weight excluding hydrogens is 382 g/mol. The molecule has 0 bridgehead atoms. The number of nitrogens with one attached hydrogen (secondary N) is 2. The van der Waals surface area contributed by atoms with E-state index in [0.717, 1.165) is 12.0 Å². The molecule has 2 N–H and O–H groups in total. The van der Waals surface area contributed by atoms with Crippen LogP contribution in [0.2, 0.25) is 0 Å². The Morgan fingerprint density at radius 2 is 1.97 bits per heavy atom. The smallest absolute Gasteiger partial charge is 0.253 e. The molecule has 3 aromatic rings. The molecule has 0 unspecified atom stereocenters. The summed E-state index contributed by atoms with van der Waals surface area (Å²) in [6.07, 6.45) is 4.37. The van der Waals surface area contributed by atoms with Crippen LogP contribution in [0.5, 0.6) is 0 Å². The normalized spacial score (nSPS) is 12.0. The van der Waals surface area contributed by atoms with Crippen molar-refractivity contribution < 1.29 is 14.3 Å². The fourth-order valence-corrected chi connectivity index (χ4v) is 3.19. The van der Waals surface area contributed by atoms with Gasteiger partial charge in [0.25, 0.3) is 5.91 Å². The number of imidazole rings is 1. The second kappa shape index (κ2) is 9.49. The van der Waals surface area contributed by atoms with Gasteiger partial charge in [0.1, 0.15) is 12.4 Å². The number of rotatable bonds is 8. The van der Waals surface area contributed by atoms with E-state index in [2.05, 4.69) is 29.5 Å². The summed E-state index contributed by atoms with van der Waals surface area (Å²) in [6, 6.07) is 7.18. The minimum atomic E-state index is -0.298. The Hall–Kier alpha value is -3.26. The predicted molar refractivity (Wildman–Crippen MR) is 116 cm³/mol. The van der Waals surface area contributed by atoms with Gasteiger partial charge in [-0.05, 0) is 30.2 Å². The summed E-state index contributed by atoms with van der Waals surface area (Å²) in [6.45, 7) is 4.68. The first kappa shape index (κ1) is 21.4. The fraction of sp³-hybridized carbons (Fsp3) is 0.364. The molecule has 0 fully saturated rings. The van der Waals surface area contributed by atoms with E-state index in [9.17, 15) is 9.59 Å². The van der Waals surface area contributed by atoms with E-state index < -0.39 is 0 Å². The SMILES string of the molecule is CC[C@H](C)CNC(=O)c1cc(NC(=O)COC)cc2nc(-c3ccncc3)n(C)c12. The molecule has 2 aromatic heterocycles. The van der Waals surface area contributed by atoms with Crippen molar-refractivity contribution in [3.8, 4) is 11.4 Å². The minimum Gasteiger partial charge on any atom is -0.375 e. The van der Waals surface area contributed by atoms with E-state index in [1.165, 1.54) is 7.11 Å². The van der Waals surface area contributed by atoms with Crippen LogP contribution in [-0.4, -0.2) is 46.6 Å². The van der Waals surface area contributed by atoms with Crippen LogP contribution in [0.15, 0.2) is 36.7 Å². The Morgan fingerprint density at radius 3 is 2.63 bits per heavy atom. The number of fused-ring (bicyclic) bond motifs is 1. The van der Waals surface area contributed by atoms with Gasteiger partial charge in [0.15, 0.2) is 0 Å². The average Bonchev–Trinajstić information content (AvgIpc) is 3.08. The Kier molecular flexibility index (Phi) is 6.79. The molecule has 8 nitrogen and oxygen atoms in total. The van der Waals surface area contributed by atoms with Crippen molar-refractivity contribution in [2.24, 2.45) is 13.0 Å². The summed E-state index contributed by atoms with van der Waals surface area (Å²) >= 11 is 0. The summed E-state index contributed by atoms with van der Waals surface area (Å²) in [7, 11) is 3.33. The monoisotopic (exact) mass is 409 g/mol. The van der Waals surface area contributed by atoms with Crippen molar-refractivity contribution in [3.63, 3.8) is 0 Å². The summed E-state index contributed by atoms with van der Waals surface area (Å²) in [5.41, 5.74) is 3.16. The van der Waals surface area contributed by atoms with Crippen molar-refractivity contribution in [1.82, 2.24) is 19.9 Å². The van der Waals surface area contributed by atoms with Crippen LogP contribution in [-0.2, 0) is 16.6 Å². The lowest BCUT2D eigenvalue weighted by atomic mass is 10.1. The maximum atomic E-state index is 13.0. The molecule has 0 aliphatic rings. The van der Waals surface area contributed by atoms with Crippen LogP contribution in [0.1, 0.15) is 30.6 Å². The largest absolute Gasteiger partial charge is 0.375 e. The van der Waals surface area contributed by atoms with E-state index in [1.807, 2.05) is 23.7 Å². The summed E-state index contributed by atoms with van der Waals surface area (Å²) in [5, 5.41) is 5.77. The quantitative estimate of drug-likeness (QED) is 0.596. The van der Waals surface area contributed by atoms with Crippen molar-refractivity contribution in [1.29, 1.82) is 0 Å². The van der Waals surface area contributed by atoms with Crippen molar-refractivity contribution >= 4 is 28.5 Å². The fourth-order valence-electron chi connectivity index (χ4n) is 3.19. The molecule has 0 spiro atoms. The molecule has 1 atom stereocenters. The highest BCUT2D eigenvalue weighted by atomic mass is 16.5. The highest BCUT2D eigenvalue weighted by Gasteiger charge is 2.20. The highest BCUT2D eigenvalue weighted by molar-refractivity contribution is 6.08. The van der Waals surface area contributed by atoms with Gasteiger partial charge in [0.2, 0.25) is 5.91 Å². The topological polar surface area (TPSA) is 98.1 Å². The Bertz CT molecular complexity index is 1050. The zero-order chi connectivity index (χ0) is 21.7. The van der Waals surface area contributed by atoms with Crippen LogP contribution < -0.4 is 10.6 Å². The molecular formula is C22H27N5O3. The molecule has 3 rings (SSSR count). The minimum absolute atomic E-state index is 0.0714. The van der Waals surface area contributed by atoms with E-state index in [-0.39, 0.29) is 18.4 Å². The molecule has 1 aromatic carbocycles. The molecule has 158 valence electrons. The van der Waals surface area contributed by atoms with Crippen molar-refractivity contribution in [3.05, 3.63) is 42.2 Å². The van der Waals surface area contributed by atoms with Gasteiger partial charge < -0.3 is 19.9 Å². The van der Waals surface area contributed by atoms with E-state index >= 15 is 0 Å². The zero-order valence-electron chi connectivity index (χ0n) is 17.7. The molecule has 30 heavy (non-hydrogen) atoms. The maximum absolute atomic E-state index is 13.0. The van der Waals surface area contributed by atoms with E-state index in [0.29, 0.717) is 40.6 Å². The molecule has 0 saturated heterocycles. The average molecular weight is 409 g/mol. The number of benzene rings is 1. The second-order valence-electron chi connectivity index (χ2n) is 7.33. The van der Waals surface area contributed by atoms with Crippen LogP contribution in [0.3, 0.4) is 0 Å². The Balaban J connectivity index is 2.08. The lowest BCUT2D eigenvalue weighted by molar-refractivity contribution is -0.119. The number of aromatic nitrogens is 3. The lowest BCUT2D eigenvalue weighted by Crippen LogP contribution is -2.28. The summed E-state index contributed by atoms with van der Waals surface area (Å²) in [4.78, 5) is 33.8. The van der Waals surface area contributed by atoms with Gasteiger partial charge in [-0.25, -0.2) is 4.98 Å². The number of hydrogen-bond acceptors (Lipinski definition) is 5. The maximum Gasteiger partial charge on any atom is 0.253 e. The molecule has 2 heterocycles. The third-order valence-electron chi connectivity index (χ3n) is 5.02. The number of nitrogens with zero attached hydrogens (tertiary/aromatic N) is 3. The Labute approximate surface area is 175 Å². The number of carbonyl (C=O) groups excluding carboxylic acids is 2. The molecule has 0 aliphatic carbocycles. The molecule has 0 radical (unpaired) electrons. The number of ether oxygens (including phenoxy) is 1. The van der Waals surface area contributed by atoms with Gasteiger partial charge >= 0.3 is 0 Å². The van der Waals surface area contributed by atoms with Gasteiger partial charge in [-0.15, -0.1) is 0 Å². The van der Waals surface area contributed by atoms with Crippen LogP contribution >= 0.6 is 0 Å². The van der Waals surface area contributed by atoms with Crippen molar-refractivity contribution in [2.45, 2.75) is 20.3 Å². The van der Waals surface area contributed by atoms with Crippen molar-refractivity contribution in [2.75, 3.05) is 25.6 Å². The second-order valence-corrected chi connectivity index (χ2v) is 7.33. The number of methoxy groups -OCH3 is 1. The number of amides is 2. The molecule has 0 aliphatic heterocycles. The number of anilines is 1. The Morgan fingerprint density at radius 1 is 1.23 bits per heavy atom. The number of carbonyl (C=O) groups is 2. The number of aryl methyl sites for hydroxylation is 1. The summed E-state index contributed by atoms with van der Waals surface area (Å²) in [5.74, 6) is 0.581. The van der Waals surface area contributed by atoms with Gasteiger partial charge in [0, 0.05) is 44.3 Å². The van der Waals surface area contributed by atoms with Gasteiger partial charge in [0.05, 0.1) is 16.6 Å². The van der Waals surface area contributed by atoms with Gasteiger partial charge in [-0.1, -0.05) is 20.3 Å². The zero-order valence-corrected chi connectivity index (χ0v) is 17.7. The van der Waals surface area contributed by atoms with Crippen LogP contribution in [0, 0.1) is 5.92 Å². The summed E-state index contributed by atoms with van der Waals surface area (Å²) < 4.78 is 6.77. The molecule has 8 heteroatoms. The van der Waals surface area contributed by atoms with E-state index in [4.69, 9.17) is 9.72 Å². The van der Waals surface area contributed by atoms with Gasteiger partial charge in [-0.3, -0.25) is 14.6 Å². The van der Waals surface area contributed by atoms with Crippen LogP contribution in [0.25, 0.3) is 22.4 Å².